The smallest absolute Gasteiger partial charge is 0.274 e. The third-order valence-electron chi connectivity index (χ3n) is 5.06. The first kappa shape index (κ1) is 21.8. The normalized spacial score (nSPS) is 11.6. The summed E-state index contributed by atoms with van der Waals surface area (Å²) in [6.45, 7) is 0.108. The van der Waals surface area contributed by atoms with Gasteiger partial charge in [-0.2, -0.15) is 0 Å². The summed E-state index contributed by atoms with van der Waals surface area (Å²) in [6, 6.07) is 16.4. The van der Waals surface area contributed by atoms with Crippen molar-refractivity contribution in [3.63, 3.8) is 0 Å². The summed E-state index contributed by atoms with van der Waals surface area (Å²) in [4.78, 5) is 38.5. The number of carbonyl (C=O) groups is 3. The Morgan fingerprint density at radius 2 is 1.48 bits per heavy atom. The highest BCUT2D eigenvalue weighted by Crippen LogP contribution is 2.33. The van der Waals surface area contributed by atoms with Crippen LogP contribution < -0.4 is 20.3 Å². The van der Waals surface area contributed by atoms with Crippen molar-refractivity contribution in [3.8, 4) is 22.6 Å². The standard InChI is InChI=1S/C24H21N3O6/c1-27(2)24(30)18-9-17(14-3-5-15(6-4-14)23(29)26-31)10-19(11-18)25-22(28)16-7-8-20-21(12-16)33-13-32-20/h3-12,31H,13H2,1-2H3,(H,25,28)(H,26,29). The van der Waals surface area contributed by atoms with Crippen LogP contribution in [0.25, 0.3) is 11.1 Å². The molecule has 0 unspecified atom stereocenters. The Morgan fingerprint density at radius 1 is 0.788 bits per heavy atom. The van der Waals surface area contributed by atoms with Gasteiger partial charge in [-0.25, -0.2) is 5.48 Å². The van der Waals surface area contributed by atoms with Crippen LogP contribution in [0.5, 0.6) is 11.5 Å². The van der Waals surface area contributed by atoms with Crippen molar-refractivity contribution in [2.24, 2.45) is 0 Å². The minimum atomic E-state index is -0.630. The van der Waals surface area contributed by atoms with Crippen LogP contribution in [0.1, 0.15) is 31.1 Å². The van der Waals surface area contributed by atoms with Crippen LogP contribution in [-0.4, -0.2) is 48.7 Å². The number of nitrogens with one attached hydrogen (secondary N) is 2. The monoisotopic (exact) mass is 447 g/mol. The van der Waals surface area contributed by atoms with E-state index >= 15 is 0 Å². The molecular weight excluding hydrogens is 426 g/mol. The van der Waals surface area contributed by atoms with Crippen LogP contribution >= 0.6 is 0 Å². The SMILES string of the molecule is CN(C)C(=O)c1cc(NC(=O)c2ccc3c(c2)OCO3)cc(-c2ccc(C(=O)NO)cc2)c1. The Hall–Kier alpha value is -4.37. The fraction of sp³-hybridized carbons (Fsp3) is 0.125. The van der Waals surface area contributed by atoms with E-state index in [4.69, 9.17) is 14.7 Å². The van der Waals surface area contributed by atoms with E-state index in [0.717, 1.165) is 5.56 Å². The molecule has 1 heterocycles. The average molecular weight is 447 g/mol. The average Bonchev–Trinajstić information content (AvgIpc) is 3.30. The lowest BCUT2D eigenvalue weighted by Crippen LogP contribution is -2.22. The first-order valence-electron chi connectivity index (χ1n) is 9.98. The van der Waals surface area contributed by atoms with E-state index in [2.05, 4.69) is 5.32 Å². The van der Waals surface area contributed by atoms with Crippen molar-refractivity contribution in [2.75, 3.05) is 26.2 Å². The van der Waals surface area contributed by atoms with Crippen molar-refractivity contribution in [2.45, 2.75) is 0 Å². The first-order chi connectivity index (χ1) is 15.9. The molecular formula is C24H21N3O6. The molecule has 4 rings (SSSR count). The van der Waals surface area contributed by atoms with Crippen LogP contribution in [0.4, 0.5) is 5.69 Å². The summed E-state index contributed by atoms with van der Waals surface area (Å²) in [7, 11) is 3.28. The van der Waals surface area contributed by atoms with Crippen molar-refractivity contribution < 1.29 is 29.1 Å². The number of benzene rings is 3. The third-order valence-corrected chi connectivity index (χ3v) is 5.06. The quantitative estimate of drug-likeness (QED) is 0.409. The van der Waals surface area contributed by atoms with E-state index in [1.54, 1.807) is 80.2 Å². The topological polar surface area (TPSA) is 117 Å². The van der Waals surface area contributed by atoms with Crippen LogP contribution in [0.15, 0.2) is 60.7 Å². The number of ether oxygens (including phenoxy) is 2. The second-order valence-corrected chi connectivity index (χ2v) is 7.54. The maximum Gasteiger partial charge on any atom is 0.274 e. The zero-order valence-electron chi connectivity index (χ0n) is 17.9. The molecule has 0 spiro atoms. The van der Waals surface area contributed by atoms with Crippen LogP contribution in [0.3, 0.4) is 0 Å². The van der Waals surface area contributed by atoms with Gasteiger partial charge in [0, 0.05) is 36.5 Å². The van der Waals surface area contributed by atoms with Gasteiger partial charge in [0.15, 0.2) is 11.5 Å². The number of amides is 3. The minimum absolute atomic E-state index is 0.108. The Kier molecular flexibility index (Phi) is 5.97. The van der Waals surface area contributed by atoms with Crippen molar-refractivity contribution >= 4 is 23.4 Å². The van der Waals surface area contributed by atoms with Crippen LogP contribution in [0.2, 0.25) is 0 Å². The summed E-state index contributed by atoms with van der Waals surface area (Å²) in [5.74, 6) is -0.164. The van der Waals surface area contributed by atoms with Gasteiger partial charge >= 0.3 is 0 Å². The highest BCUT2D eigenvalue weighted by molar-refractivity contribution is 6.06. The molecule has 3 amide bonds. The number of rotatable bonds is 5. The van der Waals surface area contributed by atoms with Crippen LogP contribution in [-0.2, 0) is 0 Å². The van der Waals surface area contributed by atoms with E-state index < -0.39 is 5.91 Å². The molecule has 3 N–H and O–H groups in total. The molecule has 0 saturated heterocycles. The Balaban J connectivity index is 1.67. The van der Waals surface area contributed by atoms with Gasteiger partial charge in [0.1, 0.15) is 0 Å². The highest BCUT2D eigenvalue weighted by Gasteiger charge is 2.18. The molecule has 0 fully saturated rings. The van der Waals surface area contributed by atoms with Gasteiger partial charge in [0.25, 0.3) is 17.7 Å². The molecule has 1 aliphatic rings. The summed E-state index contributed by atoms with van der Waals surface area (Å²) in [6.07, 6.45) is 0. The third kappa shape index (κ3) is 4.63. The van der Waals surface area contributed by atoms with E-state index in [9.17, 15) is 14.4 Å². The van der Waals surface area contributed by atoms with E-state index in [1.807, 2.05) is 0 Å². The predicted molar refractivity (Wildman–Crippen MR) is 120 cm³/mol. The van der Waals surface area contributed by atoms with Gasteiger partial charge in [-0.3, -0.25) is 19.6 Å². The number of hydroxylamine groups is 1. The number of fused-ring (bicyclic) bond motifs is 1. The molecule has 0 bridgehead atoms. The van der Waals surface area contributed by atoms with Gasteiger partial charge in [-0.05, 0) is 59.7 Å². The van der Waals surface area contributed by atoms with E-state index in [-0.39, 0.29) is 24.2 Å². The van der Waals surface area contributed by atoms with Gasteiger partial charge in [0.05, 0.1) is 0 Å². The molecule has 168 valence electrons. The largest absolute Gasteiger partial charge is 0.454 e. The zero-order chi connectivity index (χ0) is 23.5. The Morgan fingerprint density at radius 3 is 2.18 bits per heavy atom. The fourth-order valence-electron chi connectivity index (χ4n) is 3.37. The molecule has 9 nitrogen and oxygen atoms in total. The fourth-order valence-corrected chi connectivity index (χ4v) is 3.37. The zero-order valence-corrected chi connectivity index (χ0v) is 17.9. The summed E-state index contributed by atoms with van der Waals surface area (Å²) < 4.78 is 10.6. The van der Waals surface area contributed by atoms with Crippen molar-refractivity contribution in [3.05, 3.63) is 77.4 Å². The van der Waals surface area contributed by atoms with Gasteiger partial charge in [-0.1, -0.05) is 12.1 Å². The summed E-state index contributed by atoms with van der Waals surface area (Å²) >= 11 is 0. The number of carbonyl (C=O) groups excluding carboxylic acids is 3. The Bertz CT molecular complexity index is 1240. The van der Waals surface area contributed by atoms with Gasteiger partial charge in [0.2, 0.25) is 6.79 Å². The van der Waals surface area contributed by atoms with E-state index in [1.165, 1.54) is 4.90 Å². The maximum atomic E-state index is 12.9. The molecule has 0 saturated carbocycles. The van der Waals surface area contributed by atoms with E-state index in [0.29, 0.717) is 33.9 Å². The molecule has 0 aromatic heterocycles. The van der Waals surface area contributed by atoms with Crippen LogP contribution in [0, 0.1) is 0 Å². The van der Waals surface area contributed by atoms with Crippen molar-refractivity contribution in [1.29, 1.82) is 0 Å². The lowest BCUT2D eigenvalue weighted by Gasteiger charge is -2.15. The molecule has 0 radical (unpaired) electrons. The number of nitrogens with zero attached hydrogens (tertiary/aromatic N) is 1. The first-order valence-corrected chi connectivity index (χ1v) is 9.98. The molecule has 3 aromatic rings. The van der Waals surface area contributed by atoms with Gasteiger partial charge in [-0.15, -0.1) is 0 Å². The highest BCUT2D eigenvalue weighted by atomic mass is 16.7. The molecule has 1 aliphatic heterocycles. The second kappa shape index (κ2) is 9.01. The molecule has 0 aliphatic carbocycles. The van der Waals surface area contributed by atoms with Crippen molar-refractivity contribution in [1.82, 2.24) is 10.4 Å². The minimum Gasteiger partial charge on any atom is -0.454 e. The Labute approximate surface area is 189 Å². The maximum absolute atomic E-state index is 12.9. The molecule has 33 heavy (non-hydrogen) atoms. The number of anilines is 1. The van der Waals surface area contributed by atoms with Gasteiger partial charge < -0.3 is 19.7 Å². The molecule has 0 atom stereocenters. The number of hydrogen-bond acceptors (Lipinski definition) is 6. The molecule has 3 aromatic carbocycles. The lowest BCUT2D eigenvalue weighted by molar-refractivity contribution is 0.0706. The summed E-state index contributed by atoms with van der Waals surface area (Å²) in [5.41, 5.74) is 4.44. The second-order valence-electron chi connectivity index (χ2n) is 7.54. The predicted octanol–water partition coefficient (Wildman–Crippen LogP) is 3.16. The lowest BCUT2D eigenvalue weighted by atomic mass is 10.00. The number of hydrogen-bond donors (Lipinski definition) is 3. The molecule has 9 heteroatoms. The summed E-state index contributed by atoms with van der Waals surface area (Å²) in [5, 5.41) is 11.6.